The Bertz CT molecular complexity index is 992. The largest absolute Gasteiger partial charge is 0.441 e. The Morgan fingerprint density at radius 2 is 1.54 bits per heavy atom. The number of aryl methyl sites for hydroxylation is 1. The molecule has 1 atom stereocenters. The van der Waals surface area contributed by atoms with E-state index in [-0.39, 0.29) is 17.7 Å². The van der Waals surface area contributed by atoms with Crippen LogP contribution in [0.4, 0.5) is 18.0 Å². The third-order valence-corrected chi connectivity index (χ3v) is 4.53. The number of hydrogen-bond donors (Lipinski definition) is 3. The van der Waals surface area contributed by atoms with E-state index in [1.165, 1.54) is 30.5 Å². The zero-order valence-corrected chi connectivity index (χ0v) is 22.3. The third-order valence-electron chi connectivity index (χ3n) is 4.53. The van der Waals surface area contributed by atoms with Gasteiger partial charge in [-0.25, -0.2) is 4.79 Å². The van der Waals surface area contributed by atoms with Gasteiger partial charge in [0.15, 0.2) is 0 Å². The summed E-state index contributed by atoms with van der Waals surface area (Å²) in [7, 11) is 0. The number of alkyl halides is 3. The third kappa shape index (κ3) is 15.1. The zero-order valence-electron chi connectivity index (χ0n) is 22.3. The van der Waals surface area contributed by atoms with E-state index >= 15 is 0 Å². The SMILES string of the molecule is C/C(N)=C/NC(=O)c1ccc(C(CC(F)(F)F)OC(=O)NCc2ccc(C)cc2)cc1.C/C=C\C.CC. The summed E-state index contributed by atoms with van der Waals surface area (Å²) in [5, 5.41) is 4.90. The molecule has 6 nitrogen and oxygen atoms in total. The quantitative estimate of drug-likeness (QED) is 0.340. The molecule has 0 spiro atoms. The van der Waals surface area contributed by atoms with Gasteiger partial charge in [-0.1, -0.05) is 68.0 Å². The first-order valence-corrected chi connectivity index (χ1v) is 11.9. The standard InChI is InChI=1S/C22H24F3N3O3.C4H8.C2H6/c1-14-3-5-16(6-4-14)13-28-21(30)31-19(11-22(23,24)25)17-7-9-18(10-8-17)20(29)27-12-15(2)26;1-3-4-2;1-2/h3-10,12,19H,11,13,26H2,1-2H3,(H,27,29)(H,28,30);3-4H,1-2H3;1-2H3/b15-12-;4-3-;. The van der Waals surface area contributed by atoms with Crippen LogP contribution in [0.5, 0.6) is 0 Å². The number of nitrogens with one attached hydrogen (secondary N) is 2. The fraction of sp³-hybridized carbons (Fsp3) is 0.357. The van der Waals surface area contributed by atoms with Crippen molar-refractivity contribution in [3.05, 3.63) is 94.8 Å². The molecule has 2 rings (SSSR count). The van der Waals surface area contributed by atoms with Crippen molar-refractivity contribution >= 4 is 12.0 Å². The van der Waals surface area contributed by atoms with E-state index in [1.54, 1.807) is 19.1 Å². The Morgan fingerprint density at radius 1 is 1.00 bits per heavy atom. The average molecular weight is 522 g/mol. The highest BCUT2D eigenvalue weighted by Gasteiger charge is 2.35. The fourth-order valence-electron chi connectivity index (χ4n) is 2.60. The molecule has 0 aliphatic rings. The zero-order chi connectivity index (χ0) is 28.4. The van der Waals surface area contributed by atoms with Gasteiger partial charge in [0.2, 0.25) is 0 Å². The molecule has 4 N–H and O–H groups in total. The van der Waals surface area contributed by atoms with Crippen LogP contribution in [0.1, 0.15) is 74.2 Å². The molecular formula is C28H38F3N3O3. The molecular weight excluding hydrogens is 483 g/mol. The molecule has 0 bridgehead atoms. The second-order valence-corrected chi connectivity index (χ2v) is 7.70. The summed E-state index contributed by atoms with van der Waals surface area (Å²) in [5.41, 5.74) is 7.99. The van der Waals surface area contributed by atoms with Crippen molar-refractivity contribution in [1.29, 1.82) is 0 Å². The van der Waals surface area contributed by atoms with Gasteiger partial charge in [-0.2, -0.15) is 13.2 Å². The van der Waals surface area contributed by atoms with Crippen LogP contribution in [0.3, 0.4) is 0 Å². The second-order valence-electron chi connectivity index (χ2n) is 7.70. The Balaban J connectivity index is 0.00000196. The number of rotatable bonds is 7. The first-order chi connectivity index (χ1) is 17.4. The molecule has 0 aliphatic carbocycles. The first-order valence-electron chi connectivity index (χ1n) is 11.9. The van der Waals surface area contributed by atoms with Crippen LogP contribution in [0.2, 0.25) is 0 Å². The van der Waals surface area contributed by atoms with E-state index in [0.717, 1.165) is 11.1 Å². The number of alkyl carbamates (subject to hydrolysis) is 1. The second kappa shape index (κ2) is 17.6. The monoisotopic (exact) mass is 521 g/mol. The molecule has 2 amide bonds. The molecule has 1 unspecified atom stereocenters. The number of carbonyl (C=O) groups excluding carboxylic acids is 2. The van der Waals surface area contributed by atoms with Gasteiger partial charge in [-0.15, -0.1) is 0 Å². The van der Waals surface area contributed by atoms with Crippen molar-refractivity contribution < 1.29 is 27.5 Å². The predicted octanol–water partition coefficient (Wildman–Crippen LogP) is 7.07. The number of amides is 2. The van der Waals surface area contributed by atoms with Crippen molar-refractivity contribution in [2.24, 2.45) is 5.73 Å². The van der Waals surface area contributed by atoms with Gasteiger partial charge in [0.1, 0.15) is 6.10 Å². The molecule has 2 aromatic carbocycles. The Hall–Kier alpha value is -3.75. The molecule has 204 valence electrons. The smallest absolute Gasteiger partial charge is 0.408 e. The molecule has 0 radical (unpaired) electrons. The average Bonchev–Trinajstić information content (AvgIpc) is 2.87. The van der Waals surface area contributed by atoms with Gasteiger partial charge in [0.05, 0.1) is 6.42 Å². The number of nitrogens with two attached hydrogens (primary N) is 1. The summed E-state index contributed by atoms with van der Waals surface area (Å²) in [6, 6.07) is 12.6. The van der Waals surface area contributed by atoms with Crippen molar-refractivity contribution in [1.82, 2.24) is 10.6 Å². The number of carbonyl (C=O) groups is 2. The number of hydrogen-bond acceptors (Lipinski definition) is 4. The van der Waals surface area contributed by atoms with Crippen LogP contribution in [0.15, 0.2) is 72.6 Å². The fourth-order valence-corrected chi connectivity index (χ4v) is 2.60. The predicted molar refractivity (Wildman–Crippen MR) is 142 cm³/mol. The van der Waals surface area contributed by atoms with Crippen molar-refractivity contribution in [2.45, 2.75) is 66.8 Å². The maximum Gasteiger partial charge on any atom is 0.408 e. The van der Waals surface area contributed by atoms with Crippen LogP contribution in [0, 0.1) is 6.92 Å². The molecule has 0 saturated carbocycles. The summed E-state index contributed by atoms with van der Waals surface area (Å²) in [5.74, 6) is -0.472. The van der Waals surface area contributed by atoms with E-state index in [4.69, 9.17) is 10.5 Å². The lowest BCUT2D eigenvalue weighted by atomic mass is 10.0. The number of benzene rings is 2. The van der Waals surface area contributed by atoms with Crippen LogP contribution in [0.25, 0.3) is 0 Å². The first kappa shape index (κ1) is 33.2. The highest BCUT2D eigenvalue weighted by atomic mass is 19.4. The Labute approximate surface area is 217 Å². The van der Waals surface area contributed by atoms with E-state index in [2.05, 4.69) is 10.6 Å². The topological polar surface area (TPSA) is 93.4 Å². The van der Waals surface area contributed by atoms with E-state index < -0.39 is 30.7 Å². The normalized spacial score (nSPS) is 11.9. The summed E-state index contributed by atoms with van der Waals surface area (Å²) in [6.45, 7) is 11.6. The Kier molecular flexibility index (Phi) is 15.9. The summed E-state index contributed by atoms with van der Waals surface area (Å²) < 4.78 is 44.1. The summed E-state index contributed by atoms with van der Waals surface area (Å²) in [6.07, 6.45) is -3.13. The van der Waals surface area contributed by atoms with Crippen LogP contribution in [-0.4, -0.2) is 18.2 Å². The summed E-state index contributed by atoms with van der Waals surface area (Å²) in [4.78, 5) is 24.1. The van der Waals surface area contributed by atoms with Crippen molar-refractivity contribution in [2.75, 3.05) is 0 Å². The van der Waals surface area contributed by atoms with Gasteiger partial charge < -0.3 is 21.1 Å². The lowest BCUT2D eigenvalue weighted by molar-refractivity contribution is -0.154. The Morgan fingerprint density at radius 3 is 2.00 bits per heavy atom. The van der Waals surface area contributed by atoms with E-state index in [9.17, 15) is 22.8 Å². The van der Waals surface area contributed by atoms with Crippen LogP contribution < -0.4 is 16.4 Å². The number of halogens is 3. The van der Waals surface area contributed by atoms with Gasteiger partial charge in [0.25, 0.3) is 5.91 Å². The minimum atomic E-state index is -4.55. The molecule has 0 heterocycles. The van der Waals surface area contributed by atoms with E-state index in [1.807, 2.05) is 58.9 Å². The van der Waals surface area contributed by atoms with Gasteiger partial charge in [-0.3, -0.25) is 4.79 Å². The molecule has 2 aromatic rings. The van der Waals surface area contributed by atoms with Crippen LogP contribution in [-0.2, 0) is 11.3 Å². The molecule has 9 heteroatoms. The molecule has 37 heavy (non-hydrogen) atoms. The van der Waals surface area contributed by atoms with Crippen LogP contribution >= 0.6 is 0 Å². The van der Waals surface area contributed by atoms with Crippen molar-refractivity contribution in [3.8, 4) is 0 Å². The van der Waals surface area contributed by atoms with Gasteiger partial charge in [0, 0.05) is 24.0 Å². The van der Waals surface area contributed by atoms with Gasteiger partial charge in [-0.05, 0) is 51.0 Å². The highest BCUT2D eigenvalue weighted by Crippen LogP contribution is 2.32. The minimum Gasteiger partial charge on any atom is -0.441 e. The molecule has 0 fully saturated rings. The van der Waals surface area contributed by atoms with Gasteiger partial charge >= 0.3 is 12.3 Å². The maximum atomic E-state index is 13.0. The lowest BCUT2D eigenvalue weighted by Crippen LogP contribution is -2.27. The summed E-state index contributed by atoms with van der Waals surface area (Å²) >= 11 is 0. The van der Waals surface area contributed by atoms with Crippen molar-refractivity contribution in [3.63, 3.8) is 0 Å². The van der Waals surface area contributed by atoms with E-state index in [0.29, 0.717) is 5.70 Å². The maximum absolute atomic E-state index is 13.0. The number of allylic oxidation sites excluding steroid dienone is 3. The lowest BCUT2D eigenvalue weighted by Gasteiger charge is -2.20. The number of ether oxygens (including phenoxy) is 1. The molecule has 0 aromatic heterocycles. The highest BCUT2D eigenvalue weighted by molar-refractivity contribution is 5.94. The molecule has 0 aliphatic heterocycles. The minimum absolute atomic E-state index is 0.116. The molecule has 0 saturated heterocycles.